The molecular weight excluding hydrogens is 238 g/mol. The van der Waals surface area contributed by atoms with Crippen LogP contribution in [0.5, 0.6) is 0 Å². The van der Waals surface area contributed by atoms with Gasteiger partial charge in [0.25, 0.3) is 0 Å². The lowest BCUT2D eigenvalue weighted by Gasteiger charge is -2.32. The number of fused-ring (bicyclic) bond motifs is 1. The summed E-state index contributed by atoms with van der Waals surface area (Å²) in [5.41, 5.74) is 2.99. The topological polar surface area (TPSA) is 12.0 Å². The second-order valence-corrected chi connectivity index (χ2v) is 6.73. The maximum Gasteiger partial charge on any atom is 0.0365 e. The molecule has 0 amide bonds. The molecule has 1 nitrogen and oxygen atoms in total. The first-order valence-corrected chi connectivity index (χ1v) is 8.12. The molecule has 1 heterocycles. The molecule has 0 spiro atoms. The molecule has 0 saturated carbocycles. The highest BCUT2D eigenvalue weighted by atomic mass is 32.2. The summed E-state index contributed by atoms with van der Waals surface area (Å²) in [6.07, 6.45) is 1.20. The van der Waals surface area contributed by atoms with Gasteiger partial charge in [0.05, 0.1) is 0 Å². The maximum atomic E-state index is 3.73. The number of hydrogen-bond acceptors (Lipinski definition) is 2. The van der Waals surface area contributed by atoms with Gasteiger partial charge >= 0.3 is 0 Å². The summed E-state index contributed by atoms with van der Waals surface area (Å²) in [6, 6.07) is 7.58. The second kappa shape index (κ2) is 6.12. The van der Waals surface area contributed by atoms with Crippen molar-refractivity contribution in [2.45, 2.75) is 51.0 Å². The molecule has 1 aliphatic rings. The minimum atomic E-state index is 0.542. The van der Waals surface area contributed by atoms with Gasteiger partial charge in [-0.3, -0.25) is 0 Å². The molecule has 2 atom stereocenters. The van der Waals surface area contributed by atoms with Gasteiger partial charge in [-0.2, -0.15) is 0 Å². The van der Waals surface area contributed by atoms with Gasteiger partial charge in [0.15, 0.2) is 0 Å². The van der Waals surface area contributed by atoms with E-state index >= 15 is 0 Å². The molecule has 0 aromatic heterocycles. The number of thioether (sulfide) groups is 1. The monoisotopic (exact) mass is 263 g/mol. The summed E-state index contributed by atoms with van der Waals surface area (Å²) >= 11 is 2.01. The van der Waals surface area contributed by atoms with Crippen LogP contribution < -0.4 is 5.32 Å². The maximum absolute atomic E-state index is 3.73. The molecular formula is C16H25NS. The zero-order valence-electron chi connectivity index (χ0n) is 12.0. The van der Waals surface area contributed by atoms with E-state index in [1.807, 2.05) is 11.8 Å². The van der Waals surface area contributed by atoms with Crippen LogP contribution in [0.15, 0.2) is 23.1 Å². The molecule has 1 aromatic carbocycles. The summed E-state index contributed by atoms with van der Waals surface area (Å²) in [7, 11) is 0. The molecule has 1 aliphatic heterocycles. The molecule has 2 rings (SSSR count). The Hall–Kier alpha value is -0.470. The highest BCUT2D eigenvalue weighted by Crippen LogP contribution is 2.40. The zero-order valence-corrected chi connectivity index (χ0v) is 12.8. The molecule has 2 unspecified atom stereocenters. The highest BCUT2D eigenvalue weighted by Gasteiger charge is 2.26. The summed E-state index contributed by atoms with van der Waals surface area (Å²) in [5, 5.41) is 3.73. The van der Waals surface area contributed by atoms with Crippen LogP contribution in [0.3, 0.4) is 0 Å². The van der Waals surface area contributed by atoms with E-state index in [2.05, 4.69) is 51.2 Å². The van der Waals surface area contributed by atoms with E-state index in [1.54, 1.807) is 0 Å². The molecule has 100 valence electrons. The first-order chi connectivity index (χ1) is 8.63. The van der Waals surface area contributed by atoms with Crippen LogP contribution in [-0.2, 0) is 0 Å². The van der Waals surface area contributed by atoms with Crippen LogP contribution in [0, 0.1) is 5.92 Å². The van der Waals surface area contributed by atoms with Crippen molar-refractivity contribution >= 4 is 11.8 Å². The van der Waals surface area contributed by atoms with Gasteiger partial charge < -0.3 is 5.32 Å². The van der Waals surface area contributed by atoms with Crippen molar-refractivity contribution in [3.8, 4) is 0 Å². The molecule has 0 aliphatic carbocycles. The number of hydrogen-bond donors (Lipinski definition) is 1. The van der Waals surface area contributed by atoms with E-state index in [0.29, 0.717) is 12.0 Å². The fourth-order valence-electron chi connectivity index (χ4n) is 2.54. The Kier molecular flexibility index (Phi) is 4.74. The van der Waals surface area contributed by atoms with Gasteiger partial charge in [-0.1, -0.05) is 39.8 Å². The quantitative estimate of drug-likeness (QED) is 0.852. The average molecular weight is 263 g/mol. The van der Waals surface area contributed by atoms with E-state index in [0.717, 1.165) is 12.5 Å². The Morgan fingerprint density at radius 3 is 2.83 bits per heavy atom. The van der Waals surface area contributed by atoms with E-state index < -0.39 is 0 Å². The lowest BCUT2D eigenvalue weighted by atomic mass is 9.91. The second-order valence-electron chi connectivity index (χ2n) is 5.67. The Morgan fingerprint density at radius 1 is 1.39 bits per heavy atom. The van der Waals surface area contributed by atoms with E-state index in [9.17, 15) is 0 Å². The van der Waals surface area contributed by atoms with E-state index in [-0.39, 0.29) is 0 Å². The van der Waals surface area contributed by atoms with Gasteiger partial charge in [-0.15, -0.1) is 11.8 Å². The lowest BCUT2D eigenvalue weighted by Crippen LogP contribution is -2.31. The standard InChI is InChI=1S/C16H25NS/c1-5-8-17-16-12(4)10-18-15-7-6-13(11(2)3)9-14(15)16/h6-7,9,11-12,16-17H,5,8,10H2,1-4H3. The van der Waals surface area contributed by atoms with Crippen molar-refractivity contribution in [2.24, 2.45) is 5.92 Å². The molecule has 2 heteroatoms. The highest BCUT2D eigenvalue weighted by molar-refractivity contribution is 7.99. The average Bonchev–Trinajstić information content (AvgIpc) is 2.37. The van der Waals surface area contributed by atoms with Crippen molar-refractivity contribution in [2.75, 3.05) is 12.3 Å². The third kappa shape index (κ3) is 2.92. The molecule has 1 aromatic rings. The van der Waals surface area contributed by atoms with Gasteiger partial charge in [-0.05, 0) is 42.0 Å². The Labute approximate surface area is 116 Å². The first-order valence-electron chi connectivity index (χ1n) is 7.13. The van der Waals surface area contributed by atoms with E-state index in [1.165, 1.54) is 28.2 Å². The summed E-state index contributed by atoms with van der Waals surface area (Å²) in [5.74, 6) is 2.57. The van der Waals surface area contributed by atoms with Crippen LogP contribution in [0.25, 0.3) is 0 Å². The Bertz CT molecular complexity index is 400. The SMILES string of the molecule is CCCNC1c2cc(C(C)C)ccc2SCC1C. The summed E-state index contributed by atoms with van der Waals surface area (Å²) in [4.78, 5) is 1.48. The smallest absolute Gasteiger partial charge is 0.0365 e. The normalized spacial score (nSPS) is 23.2. The summed E-state index contributed by atoms with van der Waals surface area (Å²) < 4.78 is 0. The third-order valence-electron chi connectivity index (χ3n) is 3.72. The van der Waals surface area contributed by atoms with Crippen molar-refractivity contribution in [3.63, 3.8) is 0 Å². The largest absolute Gasteiger partial charge is 0.310 e. The molecule has 0 bridgehead atoms. The zero-order chi connectivity index (χ0) is 13.1. The van der Waals surface area contributed by atoms with Gasteiger partial charge in [0.1, 0.15) is 0 Å². The van der Waals surface area contributed by atoms with Crippen LogP contribution in [0.1, 0.15) is 57.2 Å². The van der Waals surface area contributed by atoms with Crippen molar-refractivity contribution < 1.29 is 0 Å². The predicted molar refractivity (Wildman–Crippen MR) is 81.5 cm³/mol. The molecule has 18 heavy (non-hydrogen) atoms. The van der Waals surface area contributed by atoms with Crippen LogP contribution in [-0.4, -0.2) is 12.3 Å². The van der Waals surface area contributed by atoms with Crippen molar-refractivity contribution in [1.82, 2.24) is 5.32 Å². The minimum Gasteiger partial charge on any atom is -0.310 e. The number of rotatable bonds is 4. The Morgan fingerprint density at radius 2 is 2.17 bits per heavy atom. The molecule has 0 saturated heterocycles. The van der Waals surface area contributed by atoms with Crippen LogP contribution in [0.4, 0.5) is 0 Å². The van der Waals surface area contributed by atoms with Gasteiger partial charge in [-0.25, -0.2) is 0 Å². The number of benzene rings is 1. The van der Waals surface area contributed by atoms with Gasteiger partial charge in [0.2, 0.25) is 0 Å². The summed E-state index contributed by atoms with van der Waals surface area (Å²) in [6.45, 7) is 10.3. The lowest BCUT2D eigenvalue weighted by molar-refractivity contribution is 0.407. The third-order valence-corrected chi connectivity index (χ3v) is 5.10. The molecule has 0 radical (unpaired) electrons. The fraction of sp³-hybridized carbons (Fsp3) is 0.625. The Balaban J connectivity index is 2.30. The predicted octanol–water partition coefficient (Wildman–Crippen LogP) is 4.59. The van der Waals surface area contributed by atoms with Crippen molar-refractivity contribution in [1.29, 1.82) is 0 Å². The van der Waals surface area contributed by atoms with Crippen molar-refractivity contribution in [3.05, 3.63) is 29.3 Å². The first kappa shape index (κ1) is 14.0. The minimum absolute atomic E-state index is 0.542. The molecule has 1 N–H and O–H groups in total. The fourth-order valence-corrected chi connectivity index (χ4v) is 3.69. The van der Waals surface area contributed by atoms with Crippen LogP contribution in [0.2, 0.25) is 0 Å². The van der Waals surface area contributed by atoms with E-state index in [4.69, 9.17) is 0 Å². The van der Waals surface area contributed by atoms with Crippen LogP contribution >= 0.6 is 11.8 Å². The number of nitrogens with one attached hydrogen (secondary N) is 1. The van der Waals surface area contributed by atoms with Gasteiger partial charge in [0, 0.05) is 16.7 Å². The molecule has 0 fully saturated rings.